The van der Waals surface area contributed by atoms with Crippen LogP contribution in [0.2, 0.25) is 0 Å². The van der Waals surface area contributed by atoms with E-state index in [0.29, 0.717) is 18.8 Å². The number of piperazine rings is 1. The summed E-state index contributed by atoms with van der Waals surface area (Å²) in [4.78, 5) is 13.9. The van der Waals surface area contributed by atoms with Gasteiger partial charge in [-0.05, 0) is 43.3 Å². The van der Waals surface area contributed by atoms with Crippen LogP contribution in [0.25, 0.3) is 0 Å². The Bertz CT molecular complexity index is 943. The van der Waals surface area contributed by atoms with Crippen molar-refractivity contribution in [3.8, 4) is 0 Å². The molecule has 1 heterocycles. The Morgan fingerprint density at radius 2 is 1.61 bits per heavy atom. The molecule has 3 rings (SSSR count). The van der Waals surface area contributed by atoms with E-state index in [1.54, 1.807) is 6.92 Å². The smallest absolute Gasteiger partial charge is 0.246 e. The summed E-state index contributed by atoms with van der Waals surface area (Å²) in [5.41, 5.74) is 0.485. The van der Waals surface area contributed by atoms with Crippen LogP contribution in [0.4, 0.5) is 14.5 Å². The molecule has 2 aromatic rings. The summed E-state index contributed by atoms with van der Waals surface area (Å²) in [6.07, 6.45) is 0. The minimum absolute atomic E-state index is 0.158. The number of rotatable bonds is 5. The number of amides is 1. The third kappa shape index (κ3) is 4.37. The molecule has 1 N–H and O–H groups in total. The van der Waals surface area contributed by atoms with E-state index in [1.165, 1.54) is 46.8 Å². The van der Waals surface area contributed by atoms with Crippen molar-refractivity contribution in [2.75, 3.05) is 31.5 Å². The molecule has 9 heteroatoms. The summed E-state index contributed by atoms with van der Waals surface area (Å²) in [7, 11) is -3.92. The van der Waals surface area contributed by atoms with Crippen molar-refractivity contribution < 1.29 is 22.0 Å². The summed E-state index contributed by atoms with van der Waals surface area (Å²) in [5, 5.41) is 2.71. The van der Waals surface area contributed by atoms with Crippen molar-refractivity contribution >= 4 is 21.6 Å². The lowest BCUT2D eigenvalue weighted by molar-refractivity contribution is -0.121. The van der Waals surface area contributed by atoms with Gasteiger partial charge in [0.2, 0.25) is 15.9 Å². The first-order chi connectivity index (χ1) is 13.3. The van der Waals surface area contributed by atoms with Gasteiger partial charge in [0, 0.05) is 31.9 Å². The molecule has 1 aliphatic heterocycles. The number of carbonyl (C=O) groups excluding carboxylic acids is 1. The van der Waals surface area contributed by atoms with Crippen LogP contribution in [-0.2, 0) is 14.8 Å². The van der Waals surface area contributed by atoms with Crippen molar-refractivity contribution in [1.29, 1.82) is 0 Å². The molecule has 2 aromatic carbocycles. The molecule has 6 nitrogen and oxygen atoms in total. The van der Waals surface area contributed by atoms with Gasteiger partial charge in [-0.2, -0.15) is 4.31 Å². The second-order valence-electron chi connectivity index (χ2n) is 6.54. The van der Waals surface area contributed by atoms with Crippen LogP contribution in [0.3, 0.4) is 0 Å². The summed E-state index contributed by atoms with van der Waals surface area (Å²) in [6.45, 7) is 2.72. The average molecular weight is 409 g/mol. The summed E-state index contributed by atoms with van der Waals surface area (Å²) in [6, 6.07) is 10.2. The molecule has 0 bridgehead atoms. The molecule has 1 aliphatic rings. The monoisotopic (exact) mass is 409 g/mol. The predicted octanol–water partition coefficient (Wildman–Crippen LogP) is 2.30. The molecule has 1 saturated heterocycles. The number of anilines is 1. The number of carbonyl (C=O) groups is 1. The Kier molecular flexibility index (Phi) is 6.07. The van der Waals surface area contributed by atoms with Crippen molar-refractivity contribution in [1.82, 2.24) is 9.21 Å². The highest BCUT2D eigenvalue weighted by molar-refractivity contribution is 7.89. The Morgan fingerprint density at radius 3 is 2.21 bits per heavy atom. The molecule has 0 radical (unpaired) electrons. The third-order valence-electron chi connectivity index (χ3n) is 4.77. The second kappa shape index (κ2) is 8.34. The molecule has 0 aromatic heterocycles. The van der Waals surface area contributed by atoms with Crippen LogP contribution in [0.5, 0.6) is 0 Å². The SMILES string of the molecule is C[C@H](C(=O)Nc1ccc(F)cc1)N1CCN(S(=O)(=O)c2ccccc2F)CC1. The second-order valence-corrected chi connectivity index (χ2v) is 8.45. The number of halogens is 2. The number of nitrogens with zero attached hydrogens (tertiary/aromatic N) is 2. The zero-order valence-corrected chi connectivity index (χ0v) is 16.1. The van der Waals surface area contributed by atoms with Crippen molar-refractivity contribution in [3.63, 3.8) is 0 Å². The van der Waals surface area contributed by atoms with E-state index in [4.69, 9.17) is 0 Å². The number of nitrogens with one attached hydrogen (secondary N) is 1. The van der Waals surface area contributed by atoms with E-state index in [0.717, 1.165) is 6.07 Å². The molecule has 1 atom stereocenters. The maximum Gasteiger partial charge on any atom is 0.246 e. The minimum Gasteiger partial charge on any atom is -0.325 e. The molecular weight excluding hydrogens is 388 g/mol. The maximum atomic E-state index is 13.9. The van der Waals surface area contributed by atoms with Gasteiger partial charge in [0.05, 0.1) is 6.04 Å². The molecular formula is C19H21F2N3O3S. The zero-order valence-electron chi connectivity index (χ0n) is 15.3. The molecule has 0 saturated carbocycles. The van der Waals surface area contributed by atoms with E-state index < -0.39 is 27.7 Å². The Morgan fingerprint density at radius 1 is 1.00 bits per heavy atom. The highest BCUT2D eigenvalue weighted by atomic mass is 32.2. The van der Waals surface area contributed by atoms with Crippen LogP contribution in [-0.4, -0.2) is 55.8 Å². The first-order valence-corrected chi connectivity index (χ1v) is 10.3. The molecule has 28 heavy (non-hydrogen) atoms. The van der Waals surface area contributed by atoms with Crippen LogP contribution in [0.1, 0.15) is 6.92 Å². The van der Waals surface area contributed by atoms with Gasteiger partial charge in [-0.25, -0.2) is 17.2 Å². The lowest BCUT2D eigenvalue weighted by Crippen LogP contribution is -2.54. The fraction of sp³-hybridized carbons (Fsp3) is 0.316. The van der Waals surface area contributed by atoms with Crippen LogP contribution in [0, 0.1) is 11.6 Å². The van der Waals surface area contributed by atoms with Crippen molar-refractivity contribution in [2.45, 2.75) is 17.9 Å². The predicted molar refractivity (Wildman–Crippen MR) is 101 cm³/mol. The fourth-order valence-electron chi connectivity index (χ4n) is 3.07. The molecule has 150 valence electrons. The highest BCUT2D eigenvalue weighted by Gasteiger charge is 2.33. The lowest BCUT2D eigenvalue weighted by Gasteiger charge is -2.36. The van der Waals surface area contributed by atoms with Gasteiger partial charge in [0.25, 0.3) is 0 Å². The van der Waals surface area contributed by atoms with Gasteiger partial charge < -0.3 is 5.32 Å². The van der Waals surface area contributed by atoms with Crippen LogP contribution < -0.4 is 5.32 Å². The van der Waals surface area contributed by atoms with E-state index in [2.05, 4.69) is 5.32 Å². The van der Waals surface area contributed by atoms with E-state index in [9.17, 15) is 22.0 Å². The van der Waals surface area contributed by atoms with Gasteiger partial charge >= 0.3 is 0 Å². The van der Waals surface area contributed by atoms with Gasteiger partial charge in [-0.3, -0.25) is 9.69 Å². The zero-order chi connectivity index (χ0) is 20.3. The van der Waals surface area contributed by atoms with Gasteiger partial charge in [-0.1, -0.05) is 12.1 Å². The molecule has 0 spiro atoms. The fourth-order valence-corrected chi connectivity index (χ4v) is 4.56. The van der Waals surface area contributed by atoms with Crippen LogP contribution in [0.15, 0.2) is 53.4 Å². The largest absolute Gasteiger partial charge is 0.325 e. The minimum atomic E-state index is -3.92. The first kappa shape index (κ1) is 20.4. The Hall–Kier alpha value is -2.36. The van der Waals surface area contributed by atoms with Crippen molar-refractivity contribution in [2.24, 2.45) is 0 Å². The van der Waals surface area contributed by atoms with Crippen LogP contribution >= 0.6 is 0 Å². The highest BCUT2D eigenvalue weighted by Crippen LogP contribution is 2.21. The van der Waals surface area contributed by atoms with E-state index >= 15 is 0 Å². The Labute approximate surface area is 162 Å². The first-order valence-electron chi connectivity index (χ1n) is 8.84. The maximum absolute atomic E-state index is 13.9. The summed E-state index contributed by atoms with van der Waals surface area (Å²) in [5.74, 6) is -1.44. The van der Waals surface area contributed by atoms with Gasteiger partial charge in [-0.15, -0.1) is 0 Å². The topological polar surface area (TPSA) is 69.7 Å². The number of hydrogen-bond acceptors (Lipinski definition) is 4. The number of benzene rings is 2. The van der Waals surface area contributed by atoms with Crippen molar-refractivity contribution in [3.05, 3.63) is 60.2 Å². The van der Waals surface area contributed by atoms with E-state index in [-0.39, 0.29) is 23.9 Å². The lowest BCUT2D eigenvalue weighted by atomic mass is 10.2. The normalized spacial score (nSPS) is 17.2. The standard InChI is InChI=1S/C19H21F2N3O3S/c1-14(19(25)22-16-8-6-15(20)7-9-16)23-10-12-24(13-11-23)28(26,27)18-5-3-2-4-17(18)21/h2-9,14H,10-13H2,1H3,(H,22,25)/t14-/m1/s1. The molecule has 0 aliphatic carbocycles. The molecule has 1 amide bonds. The van der Waals surface area contributed by atoms with E-state index in [1.807, 2.05) is 4.90 Å². The molecule has 1 fully saturated rings. The quantitative estimate of drug-likeness (QED) is 0.823. The number of sulfonamides is 1. The van der Waals surface area contributed by atoms with Gasteiger partial charge in [0.1, 0.15) is 16.5 Å². The number of hydrogen-bond donors (Lipinski definition) is 1. The average Bonchev–Trinajstić information content (AvgIpc) is 2.69. The summed E-state index contributed by atoms with van der Waals surface area (Å²) >= 11 is 0. The molecule has 0 unspecified atom stereocenters. The third-order valence-corrected chi connectivity index (χ3v) is 6.70. The Balaban J connectivity index is 1.60. The summed E-state index contributed by atoms with van der Waals surface area (Å²) < 4.78 is 53.4. The van der Waals surface area contributed by atoms with Gasteiger partial charge in [0.15, 0.2) is 0 Å².